The second-order valence-electron chi connectivity index (χ2n) is 5.92. The van der Waals surface area contributed by atoms with E-state index in [1.54, 1.807) is 6.20 Å². The van der Waals surface area contributed by atoms with E-state index in [2.05, 4.69) is 41.8 Å². The third-order valence-electron chi connectivity index (χ3n) is 3.93. The molecule has 0 amide bonds. The number of fused-ring (bicyclic) bond motifs is 1. The molecular weight excluding hydrogens is 288 g/mol. The molecule has 2 aromatic rings. The van der Waals surface area contributed by atoms with Gasteiger partial charge in [-0.05, 0) is 18.9 Å². The highest BCUT2D eigenvalue weighted by Gasteiger charge is 2.28. The topological polar surface area (TPSA) is 42.7 Å². The number of aromatic nitrogens is 3. The first-order chi connectivity index (χ1) is 10.1. The van der Waals surface area contributed by atoms with Gasteiger partial charge >= 0.3 is 0 Å². The molecule has 1 aliphatic heterocycles. The standard InChI is InChI=1S/C15H21ClN4O/c1-10(2)13-6-14-15(17-4-5-20(14)18-13)19-8-12(7-16)21-9-11(19)3/h4-6,10-12H,7-9H2,1-3H3. The predicted molar refractivity (Wildman–Crippen MR) is 84.3 cm³/mol. The average molecular weight is 309 g/mol. The molecule has 0 aliphatic carbocycles. The Bertz CT molecular complexity index is 627. The Morgan fingerprint density at radius 3 is 3.00 bits per heavy atom. The van der Waals surface area contributed by atoms with Gasteiger partial charge in [0.25, 0.3) is 0 Å². The lowest BCUT2D eigenvalue weighted by Crippen LogP contribution is -2.49. The van der Waals surface area contributed by atoms with Crippen molar-refractivity contribution in [3.8, 4) is 0 Å². The van der Waals surface area contributed by atoms with Crippen LogP contribution in [-0.4, -0.2) is 45.8 Å². The molecule has 0 N–H and O–H groups in total. The molecule has 0 bridgehead atoms. The second kappa shape index (κ2) is 5.81. The van der Waals surface area contributed by atoms with Crippen molar-refractivity contribution in [3.63, 3.8) is 0 Å². The fourth-order valence-corrected chi connectivity index (χ4v) is 2.82. The van der Waals surface area contributed by atoms with Crippen LogP contribution in [0.1, 0.15) is 32.4 Å². The highest BCUT2D eigenvalue weighted by Crippen LogP contribution is 2.26. The van der Waals surface area contributed by atoms with E-state index < -0.39 is 0 Å². The molecule has 114 valence electrons. The van der Waals surface area contributed by atoms with Crippen LogP contribution in [0.3, 0.4) is 0 Å². The van der Waals surface area contributed by atoms with Gasteiger partial charge in [0.1, 0.15) is 5.52 Å². The molecule has 21 heavy (non-hydrogen) atoms. The number of hydrogen-bond acceptors (Lipinski definition) is 4. The van der Waals surface area contributed by atoms with Crippen molar-refractivity contribution in [2.75, 3.05) is 23.9 Å². The normalized spacial score (nSPS) is 23.2. The number of nitrogens with zero attached hydrogens (tertiary/aromatic N) is 4. The van der Waals surface area contributed by atoms with Gasteiger partial charge in [0.15, 0.2) is 5.82 Å². The minimum absolute atomic E-state index is 0.0532. The Kier molecular flexibility index (Phi) is 4.04. The fourth-order valence-electron chi connectivity index (χ4n) is 2.64. The van der Waals surface area contributed by atoms with Gasteiger partial charge in [-0.15, -0.1) is 11.6 Å². The summed E-state index contributed by atoms with van der Waals surface area (Å²) >= 11 is 5.96. The number of alkyl halides is 1. The van der Waals surface area contributed by atoms with Crippen LogP contribution in [0.15, 0.2) is 18.5 Å². The Morgan fingerprint density at radius 1 is 1.48 bits per heavy atom. The smallest absolute Gasteiger partial charge is 0.155 e. The zero-order valence-corrected chi connectivity index (χ0v) is 13.4. The molecule has 1 saturated heterocycles. The summed E-state index contributed by atoms with van der Waals surface area (Å²) in [6.07, 6.45) is 3.75. The Hall–Kier alpha value is -1.33. The molecular formula is C15H21ClN4O. The molecule has 0 aromatic carbocycles. The maximum atomic E-state index is 5.96. The van der Waals surface area contributed by atoms with E-state index in [9.17, 15) is 0 Å². The van der Waals surface area contributed by atoms with Gasteiger partial charge in [-0.3, -0.25) is 0 Å². The van der Waals surface area contributed by atoms with Crippen LogP contribution in [0.5, 0.6) is 0 Å². The Morgan fingerprint density at radius 2 is 2.29 bits per heavy atom. The predicted octanol–water partition coefficient (Wildman–Crippen LogP) is 2.69. The number of anilines is 1. The van der Waals surface area contributed by atoms with Crippen LogP contribution in [0, 0.1) is 0 Å². The van der Waals surface area contributed by atoms with E-state index in [-0.39, 0.29) is 12.1 Å². The van der Waals surface area contributed by atoms with E-state index in [1.807, 2.05) is 10.7 Å². The van der Waals surface area contributed by atoms with Crippen LogP contribution in [0.4, 0.5) is 5.82 Å². The van der Waals surface area contributed by atoms with Gasteiger partial charge < -0.3 is 9.64 Å². The third-order valence-corrected chi connectivity index (χ3v) is 4.27. The average Bonchev–Trinajstić information content (AvgIpc) is 2.92. The molecule has 5 nitrogen and oxygen atoms in total. The second-order valence-corrected chi connectivity index (χ2v) is 6.22. The van der Waals surface area contributed by atoms with E-state index in [4.69, 9.17) is 16.3 Å². The van der Waals surface area contributed by atoms with Crippen molar-refractivity contribution >= 4 is 22.9 Å². The molecule has 3 rings (SSSR count). The number of morpholine rings is 1. The summed E-state index contributed by atoms with van der Waals surface area (Å²) in [6.45, 7) is 7.88. The molecule has 3 heterocycles. The van der Waals surface area contributed by atoms with Crippen molar-refractivity contribution in [1.82, 2.24) is 14.6 Å². The summed E-state index contributed by atoms with van der Waals surface area (Å²) in [6, 6.07) is 2.41. The monoisotopic (exact) mass is 308 g/mol. The minimum atomic E-state index is 0.0532. The highest BCUT2D eigenvalue weighted by molar-refractivity contribution is 6.18. The largest absolute Gasteiger partial charge is 0.373 e. The van der Waals surface area contributed by atoms with Gasteiger partial charge in [0.05, 0.1) is 30.3 Å². The van der Waals surface area contributed by atoms with Crippen LogP contribution >= 0.6 is 11.6 Å². The molecule has 6 heteroatoms. The summed E-state index contributed by atoms with van der Waals surface area (Å²) in [4.78, 5) is 6.86. The summed E-state index contributed by atoms with van der Waals surface area (Å²) in [5.74, 6) is 1.86. The van der Waals surface area contributed by atoms with E-state index in [1.165, 1.54) is 0 Å². The van der Waals surface area contributed by atoms with Gasteiger partial charge in [0, 0.05) is 18.9 Å². The quantitative estimate of drug-likeness (QED) is 0.818. The third kappa shape index (κ3) is 2.72. The van der Waals surface area contributed by atoms with E-state index >= 15 is 0 Å². The van der Waals surface area contributed by atoms with E-state index in [0.717, 1.165) is 23.6 Å². The molecule has 2 unspecified atom stereocenters. The molecule has 2 atom stereocenters. The summed E-state index contributed by atoms with van der Waals surface area (Å²) in [7, 11) is 0. The number of ether oxygens (including phenoxy) is 1. The van der Waals surface area contributed by atoms with Gasteiger partial charge in [-0.25, -0.2) is 9.50 Å². The molecule has 0 saturated carbocycles. The van der Waals surface area contributed by atoms with Crippen LogP contribution < -0.4 is 4.90 Å². The fraction of sp³-hybridized carbons (Fsp3) is 0.600. The Balaban J connectivity index is 2.02. The van der Waals surface area contributed by atoms with Gasteiger partial charge in [-0.1, -0.05) is 13.8 Å². The number of rotatable bonds is 3. The lowest BCUT2D eigenvalue weighted by Gasteiger charge is -2.38. The number of halogens is 1. The van der Waals surface area contributed by atoms with Crippen LogP contribution in [0.25, 0.3) is 5.52 Å². The van der Waals surface area contributed by atoms with Crippen molar-refractivity contribution in [2.24, 2.45) is 0 Å². The van der Waals surface area contributed by atoms with Crippen molar-refractivity contribution in [2.45, 2.75) is 38.8 Å². The summed E-state index contributed by atoms with van der Waals surface area (Å²) < 4.78 is 7.64. The molecule has 1 fully saturated rings. The van der Waals surface area contributed by atoms with Crippen molar-refractivity contribution in [3.05, 3.63) is 24.2 Å². The summed E-state index contributed by atoms with van der Waals surface area (Å²) in [5.41, 5.74) is 2.13. The van der Waals surface area contributed by atoms with Gasteiger partial charge in [0.2, 0.25) is 0 Å². The van der Waals surface area contributed by atoms with Crippen molar-refractivity contribution in [1.29, 1.82) is 0 Å². The first-order valence-corrected chi connectivity index (χ1v) is 7.92. The van der Waals surface area contributed by atoms with Gasteiger partial charge in [-0.2, -0.15) is 5.10 Å². The van der Waals surface area contributed by atoms with Crippen molar-refractivity contribution < 1.29 is 4.74 Å². The SMILES string of the molecule is CC(C)c1cc2c(N3CC(CCl)OCC3C)nccn2n1. The van der Waals surface area contributed by atoms with Crippen LogP contribution in [0.2, 0.25) is 0 Å². The molecule has 2 aromatic heterocycles. The molecule has 1 aliphatic rings. The Labute approximate surface area is 129 Å². The zero-order valence-electron chi connectivity index (χ0n) is 12.7. The van der Waals surface area contributed by atoms with E-state index in [0.29, 0.717) is 18.4 Å². The van der Waals surface area contributed by atoms with Crippen LogP contribution in [-0.2, 0) is 4.74 Å². The maximum Gasteiger partial charge on any atom is 0.155 e. The first kappa shape index (κ1) is 14.6. The maximum absolute atomic E-state index is 5.96. The first-order valence-electron chi connectivity index (χ1n) is 7.38. The molecule has 0 radical (unpaired) electrons. The zero-order chi connectivity index (χ0) is 15.0. The minimum Gasteiger partial charge on any atom is -0.373 e. The number of hydrogen-bond donors (Lipinski definition) is 0. The molecule has 0 spiro atoms. The summed E-state index contributed by atoms with van der Waals surface area (Å²) in [5, 5.41) is 4.62. The highest BCUT2D eigenvalue weighted by atomic mass is 35.5. The lowest BCUT2D eigenvalue weighted by atomic mass is 10.1. The lowest BCUT2D eigenvalue weighted by molar-refractivity contribution is 0.0362.